The smallest absolute Gasteiger partial charge is 0.0168 e. The number of hydrogen-bond donors (Lipinski definition) is 0. The van der Waals surface area contributed by atoms with Gasteiger partial charge in [-0.25, -0.2) is 0 Å². The third kappa shape index (κ3) is 2.25. The lowest BCUT2D eigenvalue weighted by atomic mass is 10.1. The Labute approximate surface area is 68.6 Å². The highest BCUT2D eigenvalue weighted by atomic mass is 14.0. The first-order valence-corrected chi connectivity index (χ1v) is 4.19. The summed E-state index contributed by atoms with van der Waals surface area (Å²) in [5.74, 6) is 0. The van der Waals surface area contributed by atoms with Crippen molar-refractivity contribution in [3.8, 4) is 0 Å². The van der Waals surface area contributed by atoms with Gasteiger partial charge in [-0.15, -0.1) is 5.73 Å². The van der Waals surface area contributed by atoms with Crippen molar-refractivity contribution >= 4 is 0 Å². The zero-order valence-electron chi connectivity index (χ0n) is 7.22. The van der Waals surface area contributed by atoms with Crippen molar-refractivity contribution in [2.24, 2.45) is 0 Å². The molecule has 0 bridgehead atoms. The number of allylic oxidation sites excluding steroid dienone is 5. The Balaban J connectivity index is 2.88. The molecule has 0 aromatic heterocycles. The van der Waals surface area contributed by atoms with E-state index in [1.807, 2.05) is 6.08 Å². The third-order valence-electron chi connectivity index (χ3n) is 1.85. The van der Waals surface area contributed by atoms with Gasteiger partial charge in [-0.05, 0) is 36.1 Å². The first-order valence-electron chi connectivity index (χ1n) is 4.19. The Bertz CT molecular complexity index is 245. The first-order chi connectivity index (χ1) is 5.36. The minimum Gasteiger partial charge on any atom is -0.121 e. The van der Waals surface area contributed by atoms with Crippen molar-refractivity contribution < 1.29 is 0 Å². The SMILES string of the molecule is CCC1=CC=C=CC(CC)=C1. The van der Waals surface area contributed by atoms with Gasteiger partial charge in [0.05, 0.1) is 0 Å². The molecule has 0 aromatic carbocycles. The van der Waals surface area contributed by atoms with E-state index in [0.717, 1.165) is 12.8 Å². The van der Waals surface area contributed by atoms with Crippen LogP contribution in [0.15, 0.2) is 41.2 Å². The van der Waals surface area contributed by atoms with E-state index >= 15 is 0 Å². The predicted octanol–water partition coefficient (Wildman–Crippen LogP) is 3.38. The average molecular weight is 146 g/mol. The summed E-state index contributed by atoms with van der Waals surface area (Å²) in [5.41, 5.74) is 5.88. The molecule has 0 fully saturated rings. The first kappa shape index (κ1) is 8.10. The molecule has 0 heteroatoms. The molecule has 0 atom stereocenters. The zero-order valence-corrected chi connectivity index (χ0v) is 7.22. The molecular formula is C11H14. The summed E-state index contributed by atoms with van der Waals surface area (Å²) in [5, 5.41) is 0. The van der Waals surface area contributed by atoms with Crippen LogP contribution in [0.1, 0.15) is 26.7 Å². The van der Waals surface area contributed by atoms with E-state index in [-0.39, 0.29) is 0 Å². The molecule has 0 spiro atoms. The molecular weight excluding hydrogens is 132 g/mol. The minimum atomic E-state index is 1.10. The van der Waals surface area contributed by atoms with Crippen LogP contribution in [0.5, 0.6) is 0 Å². The Hall–Kier alpha value is -1.00. The van der Waals surface area contributed by atoms with Crippen molar-refractivity contribution in [3.05, 3.63) is 41.2 Å². The van der Waals surface area contributed by atoms with Crippen LogP contribution < -0.4 is 0 Å². The molecule has 0 radical (unpaired) electrons. The second-order valence-electron chi connectivity index (χ2n) is 2.65. The summed E-state index contributed by atoms with van der Waals surface area (Å²) in [6.07, 6.45) is 10.6. The fourth-order valence-electron chi connectivity index (χ4n) is 1.06. The quantitative estimate of drug-likeness (QED) is 0.524. The van der Waals surface area contributed by atoms with Gasteiger partial charge in [-0.1, -0.05) is 26.0 Å². The van der Waals surface area contributed by atoms with E-state index in [0.29, 0.717) is 0 Å². The monoisotopic (exact) mass is 146 g/mol. The van der Waals surface area contributed by atoms with Crippen molar-refractivity contribution in [2.75, 3.05) is 0 Å². The molecule has 58 valence electrons. The molecule has 1 aliphatic carbocycles. The van der Waals surface area contributed by atoms with Crippen molar-refractivity contribution in [3.63, 3.8) is 0 Å². The van der Waals surface area contributed by atoms with E-state index < -0.39 is 0 Å². The Morgan fingerprint density at radius 2 is 1.91 bits per heavy atom. The Morgan fingerprint density at radius 3 is 2.55 bits per heavy atom. The Kier molecular flexibility index (Phi) is 2.95. The second-order valence-corrected chi connectivity index (χ2v) is 2.65. The van der Waals surface area contributed by atoms with Gasteiger partial charge >= 0.3 is 0 Å². The summed E-state index contributed by atoms with van der Waals surface area (Å²) < 4.78 is 0. The van der Waals surface area contributed by atoms with Crippen molar-refractivity contribution in [2.45, 2.75) is 26.7 Å². The van der Waals surface area contributed by atoms with Crippen LogP contribution in [0.25, 0.3) is 0 Å². The van der Waals surface area contributed by atoms with Gasteiger partial charge in [-0.3, -0.25) is 0 Å². The lowest BCUT2D eigenvalue weighted by molar-refractivity contribution is 1.10. The van der Waals surface area contributed by atoms with Gasteiger partial charge in [0, 0.05) is 0 Å². The highest BCUT2D eigenvalue weighted by Gasteiger charge is 1.93. The van der Waals surface area contributed by atoms with Gasteiger partial charge in [-0.2, -0.15) is 0 Å². The number of hydrogen-bond acceptors (Lipinski definition) is 0. The predicted molar refractivity (Wildman–Crippen MR) is 49.4 cm³/mol. The maximum absolute atomic E-state index is 3.12. The molecule has 1 aliphatic rings. The standard InChI is InChI=1S/C11H14/c1-3-10-7-5-6-8-11(4-2)9-10/h5,7-9H,3-4H2,1-2H3. The molecule has 0 aromatic rings. The lowest BCUT2D eigenvalue weighted by Gasteiger charge is -1.96. The maximum Gasteiger partial charge on any atom is -0.0168 e. The minimum absolute atomic E-state index is 1.10. The second kappa shape index (κ2) is 4.00. The van der Waals surface area contributed by atoms with Crippen LogP contribution in [0.4, 0.5) is 0 Å². The van der Waals surface area contributed by atoms with Crippen LogP contribution in [0, 0.1) is 0 Å². The summed E-state index contributed by atoms with van der Waals surface area (Å²) in [6.45, 7) is 4.34. The topological polar surface area (TPSA) is 0 Å². The van der Waals surface area contributed by atoms with Gasteiger partial charge in [0.25, 0.3) is 0 Å². The number of rotatable bonds is 2. The van der Waals surface area contributed by atoms with Crippen LogP contribution >= 0.6 is 0 Å². The largest absolute Gasteiger partial charge is 0.121 e. The molecule has 0 N–H and O–H groups in total. The molecule has 0 saturated carbocycles. The van der Waals surface area contributed by atoms with Crippen LogP contribution in [-0.4, -0.2) is 0 Å². The molecule has 0 heterocycles. The normalized spacial score (nSPS) is 15.8. The molecule has 0 saturated heterocycles. The summed E-state index contributed by atoms with van der Waals surface area (Å²) in [4.78, 5) is 0. The summed E-state index contributed by atoms with van der Waals surface area (Å²) in [6, 6.07) is 0. The van der Waals surface area contributed by atoms with E-state index in [1.165, 1.54) is 11.1 Å². The van der Waals surface area contributed by atoms with Gasteiger partial charge in [0.2, 0.25) is 0 Å². The van der Waals surface area contributed by atoms with E-state index in [1.54, 1.807) is 0 Å². The molecule has 0 amide bonds. The van der Waals surface area contributed by atoms with Crippen molar-refractivity contribution in [1.82, 2.24) is 0 Å². The van der Waals surface area contributed by atoms with Gasteiger partial charge < -0.3 is 0 Å². The fourth-order valence-corrected chi connectivity index (χ4v) is 1.06. The lowest BCUT2D eigenvalue weighted by Crippen LogP contribution is -1.77. The van der Waals surface area contributed by atoms with E-state index in [9.17, 15) is 0 Å². The Morgan fingerprint density at radius 1 is 1.18 bits per heavy atom. The van der Waals surface area contributed by atoms with Gasteiger partial charge in [0.1, 0.15) is 0 Å². The highest BCUT2D eigenvalue weighted by Crippen LogP contribution is 2.12. The van der Waals surface area contributed by atoms with E-state index in [4.69, 9.17) is 0 Å². The fraction of sp³-hybridized carbons (Fsp3) is 0.364. The van der Waals surface area contributed by atoms with Crippen LogP contribution in [0.2, 0.25) is 0 Å². The third-order valence-corrected chi connectivity index (χ3v) is 1.85. The van der Waals surface area contributed by atoms with E-state index in [2.05, 4.69) is 37.8 Å². The zero-order chi connectivity index (χ0) is 8.10. The molecule has 0 nitrogen and oxygen atoms in total. The summed E-state index contributed by atoms with van der Waals surface area (Å²) >= 11 is 0. The van der Waals surface area contributed by atoms with Crippen LogP contribution in [0.3, 0.4) is 0 Å². The molecule has 0 unspecified atom stereocenters. The molecule has 11 heavy (non-hydrogen) atoms. The van der Waals surface area contributed by atoms with Crippen molar-refractivity contribution in [1.29, 1.82) is 0 Å². The van der Waals surface area contributed by atoms with Gasteiger partial charge in [0.15, 0.2) is 0 Å². The van der Waals surface area contributed by atoms with Crippen LogP contribution in [-0.2, 0) is 0 Å². The average Bonchev–Trinajstić information content (AvgIpc) is 2.28. The highest BCUT2D eigenvalue weighted by molar-refractivity contribution is 5.34. The maximum atomic E-state index is 3.12. The molecule has 1 rings (SSSR count). The molecule has 0 aliphatic heterocycles. The summed E-state index contributed by atoms with van der Waals surface area (Å²) in [7, 11) is 0.